The number of sulfonamides is 1. The van der Waals surface area contributed by atoms with E-state index in [1.54, 1.807) is 60.8 Å². The molecule has 0 unspecified atom stereocenters. The topological polar surface area (TPSA) is 105 Å². The molecule has 1 fully saturated rings. The van der Waals surface area contributed by atoms with Crippen LogP contribution >= 0.6 is 0 Å². The van der Waals surface area contributed by atoms with Gasteiger partial charge in [0, 0.05) is 55.2 Å². The summed E-state index contributed by atoms with van der Waals surface area (Å²) in [5.74, 6) is 1.37. The first-order chi connectivity index (χ1) is 17.5. The molecule has 10 heteroatoms. The van der Waals surface area contributed by atoms with Gasteiger partial charge in [0.15, 0.2) is 11.6 Å². The Kier molecular flexibility index (Phi) is 6.43. The van der Waals surface area contributed by atoms with E-state index in [4.69, 9.17) is 4.74 Å². The van der Waals surface area contributed by atoms with Crippen LogP contribution in [0.25, 0.3) is 10.9 Å². The molecule has 1 amide bonds. The number of carbonyl (C=O) groups excluding carboxylic acids is 1. The van der Waals surface area contributed by atoms with Crippen LogP contribution < -0.4 is 14.4 Å². The van der Waals surface area contributed by atoms with Crippen molar-refractivity contribution >= 4 is 38.3 Å². The Balaban J connectivity index is 1.25. The third-order valence-corrected chi connectivity index (χ3v) is 7.52. The van der Waals surface area contributed by atoms with E-state index in [0.29, 0.717) is 48.7 Å². The van der Waals surface area contributed by atoms with Crippen LogP contribution in [0.1, 0.15) is 10.4 Å². The molecule has 0 spiro atoms. The molecule has 2 aromatic carbocycles. The monoisotopic (exact) mass is 503 g/mol. The molecule has 5 rings (SSSR count). The number of nitrogens with one attached hydrogen (secondary N) is 1. The number of methoxy groups -OCH3 is 1. The zero-order chi connectivity index (χ0) is 25.1. The van der Waals surface area contributed by atoms with E-state index in [2.05, 4.69) is 19.6 Å². The molecule has 2 aromatic heterocycles. The summed E-state index contributed by atoms with van der Waals surface area (Å²) in [4.78, 5) is 25.7. The molecule has 1 aliphatic heterocycles. The summed E-state index contributed by atoms with van der Waals surface area (Å²) in [6, 6.07) is 18.7. The average Bonchev–Trinajstić information content (AvgIpc) is 2.92. The van der Waals surface area contributed by atoms with Crippen molar-refractivity contribution in [3.8, 4) is 5.75 Å². The number of para-hydroxylation sites is 1. The second-order valence-electron chi connectivity index (χ2n) is 8.32. The zero-order valence-electron chi connectivity index (χ0n) is 19.7. The van der Waals surface area contributed by atoms with Gasteiger partial charge in [-0.15, -0.1) is 0 Å². The highest BCUT2D eigenvalue weighted by Gasteiger charge is 2.25. The molecule has 0 radical (unpaired) electrons. The maximum atomic E-state index is 13.1. The zero-order valence-corrected chi connectivity index (χ0v) is 20.5. The second kappa shape index (κ2) is 9.82. The van der Waals surface area contributed by atoms with Crippen molar-refractivity contribution < 1.29 is 17.9 Å². The number of anilines is 2. The van der Waals surface area contributed by atoms with E-state index in [1.165, 1.54) is 6.07 Å². The summed E-state index contributed by atoms with van der Waals surface area (Å²) in [5.41, 5.74) is 1.27. The fraction of sp³-hybridized carbons (Fsp3) is 0.192. The van der Waals surface area contributed by atoms with Gasteiger partial charge < -0.3 is 14.5 Å². The van der Waals surface area contributed by atoms with E-state index in [9.17, 15) is 13.2 Å². The lowest BCUT2D eigenvalue weighted by Crippen LogP contribution is -2.49. The van der Waals surface area contributed by atoms with E-state index in [1.807, 2.05) is 24.3 Å². The van der Waals surface area contributed by atoms with Crippen LogP contribution in [0.3, 0.4) is 0 Å². The van der Waals surface area contributed by atoms with Crippen molar-refractivity contribution in [2.24, 2.45) is 0 Å². The smallest absolute Gasteiger partial charge is 0.264 e. The van der Waals surface area contributed by atoms with Crippen LogP contribution in [0.2, 0.25) is 0 Å². The molecule has 0 atom stereocenters. The van der Waals surface area contributed by atoms with Gasteiger partial charge in [0.2, 0.25) is 0 Å². The van der Waals surface area contributed by atoms with Gasteiger partial charge in [0.05, 0.1) is 12.6 Å². The number of fused-ring (bicyclic) bond motifs is 1. The van der Waals surface area contributed by atoms with Crippen LogP contribution in [0.5, 0.6) is 5.75 Å². The third kappa shape index (κ3) is 4.67. The molecule has 0 saturated carbocycles. The number of amides is 1. The first kappa shape index (κ1) is 23.6. The van der Waals surface area contributed by atoms with Gasteiger partial charge in [0.1, 0.15) is 4.90 Å². The van der Waals surface area contributed by atoms with Gasteiger partial charge in [-0.05, 0) is 48.5 Å². The van der Waals surface area contributed by atoms with Crippen molar-refractivity contribution in [2.75, 3.05) is 42.9 Å². The lowest BCUT2D eigenvalue weighted by Gasteiger charge is -2.35. The molecule has 0 aliphatic carbocycles. The quantitative estimate of drug-likeness (QED) is 0.430. The predicted octanol–water partition coefficient (Wildman–Crippen LogP) is 3.40. The molecule has 4 aromatic rings. The highest BCUT2D eigenvalue weighted by molar-refractivity contribution is 7.93. The van der Waals surface area contributed by atoms with Gasteiger partial charge in [0.25, 0.3) is 15.9 Å². The summed E-state index contributed by atoms with van der Waals surface area (Å²) in [7, 11) is -2.25. The number of carbonyl (C=O) groups is 1. The summed E-state index contributed by atoms with van der Waals surface area (Å²) in [5, 5.41) is 0.739. The minimum Gasteiger partial charge on any atom is -0.493 e. The van der Waals surface area contributed by atoms with Crippen LogP contribution in [-0.4, -0.2) is 62.5 Å². The largest absolute Gasteiger partial charge is 0.493 e. The molecular formula is C26H25N5O4S. The van der Waals surface area contributed by atoms with Gasteiger partial charge in [-0.1, -0.05) is 18.2 Å². The molecule has 1 aliphatic rings. The maximum absolute atomic E-state index is 13.1. The predicted molar refractivity (Wildman–Crippen MR) is 138 cm³/mol. The van der Waals surface area contributed by atoms with E-state index in [-0.39, 0.29) is 10.8 Å². The number of rotatable bonds is 6. The fourth-order valence-electron chi connectivity index (χ4n) is 4.27. The first-order valence-corrected chi connectivity index (χ1v) is 12.9. The highest BCUT2D eigenvalue weighted by Crippen LogP contribution is 2.26. The molecule has 184 valence electrons. The molecular weight excluding hydrogens is 478 g/mol. The molecule has 36 heavy (non-hydrogen) atoms. The molecule has 9 nitrogen and oxygen atoms in total. The summed E-state index contributed by atoms with van der Waals surface area (Å²) < 4.78 is 34.0. The normalized spacial score (nSPS) is 14.0. The number of aromatic nitrogens is 2. The van der Waals surface area contributed by atoms with Crippen LogP contribution in [0.15, 0.2) is 84.0 Å². The number of hydrogen-bond acceptors (Lipinski definition) is 7. The van der Waals surface area contributed by atoms with Crippen LogP contribution in [0.4, 0.5) is 11.5 Å². The number of benzene rings is 2. The minimum atomic E-state index is -3.86. The Hall–Kier alpha value is -4.18. The third-order valence-electron chi connectivity index (χ3n) is 6.11. The van der Waals surface area contributed by atoms with Gasteiger partial charge in [-0.2, -0.15) is 0 Å². The molecule has 3 heterocycles. The molecule has 1 N–H and O–H groups in total. The van der Waals surface area contributed by atoms with Crippen molar-refractivity contribution in [1.82, 2.24) is 14.9 Å². The van der Waals surface area contributed by atoms with Crippen molar-refractivity contribution in [2.45, 2.75) is 4.90 Å². The maximum Gasteiger partial charge on any atom is 0.264 e. The number of pyridine rings is 2. The van der Waals surface area contributed by atoms with Crippen LogP contribution in [0, 0.1) is 0 Å². The van der Waals surface area contributed by atoms with Gasteiger partial charge >= 0.3 is 0 Å². The second-order valence-corrected chi connectivity index (χ2v) is 9.97. The average molecular weight is 504 g/mol. The Bertz CT molecular complexity index is 1500. The van der Waals surface area contributed by atoms with E-state index >= 15 is 0 Å². The fourth-order valence-corrected chi connectivity index (χ4v) is 5.51. The SMILES string of the molecule is COc1cccnc1N1CCN(C(=O)c2ccc(NS(=O)(=O)c3cccc4cccnc34)cc2)CC1. The van der Waals surface area contributed by atoms with E-state index < -0.39 is 10.0 Å². The summed E-state index contributed by atoms with van der Waals surface area (Å²) in [6.07, 6.45) is 3.29. The lowest BCUT2D eigenvalue weighted by atomic mass is 10.1. The van der Waals surface area contributed by atoms with Gasteiger partial charge in [-0.3, -0.25) is 14.5 Å². The molecule has 0 bridgehead atoms. The van der Waals surface area contributed by atoms with Crippen molar-refractivity contribution in [3.63, 3.8) is 0 Å². The van der Waals surface area contributed by atoms with Gasteiger partial charge in [-0.25, -0.2) is 13.4 Å². The van der Waals surface area contributed by atoms with Crippen LogP contribution in [-0.2, 0) is 10.0 Å². The highest BCUT2D eigenvalue weighted by atomic mass is 32.2. The van der Waals surface area contributed by atoms with E-state index in [0.717, 1.165) is 11.2 Å². The Morgan fingerprint density at radius 2 is 1.58 bits per heavy atom. The first-order valence-electron chi connectivity index (χ1n) is 11.5. The number of ether oxygens (including phenoxy) is 1. The Morgan fingerprint density at radius 3 is 2.33 bits per heavy atom. The number of nitrogens with zero attached hydrogens (tertiary/aromatic N) is 4. The van der Waals surface area contributed by atoms with Crippen molar-refractivity contribution in [3.05, 3.63) is 84.7 Å². The standard InChI is InChI=1S/C26H25N5O4S/c1-35-22-7-4-14-28-25(22)30-15-17-31(18-16-30)26(32)20-9-11-21(12-10-20)29-36(33,34)23-8-2-5-19-6-3-13-27-24(19)23/h2-14,29H,15-18H2,1H3. The number of piperazine rings is 1. The minimum absolute atomic E-state index is 0.100. The summed E-state index contributed by atoms with van der Waals surface area (Å²) in [6.45, 7) is 2.36. The number of hydrogen-bond donors (Lipinski definition) is 1. The summed E-state index contributed by atoms with van der Waals surface area (Å²) >= 11 is 0. The van der Waals surface area contributed by atoms with Crippen molar-refractivity contribution in [1.29, 1.82) is 0 Å². The Morgan fingerprint density at radius 1 is 0.889 bits per heavy atom. The lowest BCUT2D eigenvalue weighted by molar-refractivity contribution is 0.0746. The molecule has 1 saturated heterocycles. The Labute approximate surface area is 209 Å².